The third kappa shape index (κ3) is 4.03. The molecule has 0 radical (unpaired) electrons. The molecule has 0 unspecified atom stereocenters. The Kier molecular flexibility index (Phi) is 5.53. The van der Waals surface area contributed by atoms with Gasteiger partial charge in [0.2, 0.25) is 0 Å². The Morgan fingerprint density at radius 1 is 1.12 bits per heavy atom. The fourth-order valence-electron chi connectivity index (χ4n) is 3.12. The van der Waals surface area contributed by atoms with Crippen LogP contribution in [0.2, 0.25) is 0 Å². The molecule has 0 saturated carbocycles. The van der Waals surface area contributed by atoms with Crippen LogP contribution in [0.1, 0.15) is 12.8 Å². The van der Waals surface area contributed by atoms with Gasteiger partial charge in [-0.15, -0.1) is 0 Å². The second-order valence-electron chi connectivity index (χ2n) is 6.41. The zero-order chi connectivity index (χ0) is 18.5. The van der Waals surface area contributed by atoms with E-state index in [4.69, 9.17) is 0 Å². The van der Waals surface area contributed by atoms with Crippen molar-refractivity contribution in [1.29, 1.82) is 0 Å². The second kappa shape index (κ2) is 8.01. The Labute approximate surface area is 153 Å². The van der Waals surface area contributed by atoms with E-state index in [1.165, 1.54) is 4.90 Å². The molecule has 0 aliphatic carbocycles. The molecule has 2 amide bonds. The van der Waals surface area contributed by atoms with Gasteiger partial charge in [0.1, 0.15) is 0 Å². The van der Waals surface area contributed by atoms with E-state index in [1.807, 2.05) is 60.5 Å². The number of hydrogen-bond acceptors (Lipinski definition) is 4. The van der Waals surface area contributed by atoms with E-state index in [0.29, 0.717) is 25.1 Å². The molecule has 2 aromatic carbocycles. The van der Waals surface area contributed by atoms with E-state index in [1.54, 1.807) is 6.07 Å². The maximum atomic E-state index is 12.4. The van der Waals surface area contributed by atoms with E-state index < -0.39 is 17.9 Å². The Morgan fingerprint density at radius 3 is 2.54 bits per heavy atom. The summed E-state index contributed by atoms with van der Waals surface area (Å²) in [6.45, 7) is 0.701. The van der Waals surface area contributed by atoms with Crippen LogP contribution in [0.15, 0.2) is 54.6 Å². The molecule has 0 spiro atoms. The maximum absolute atomic E-state index is 12.4. The number of benzene rings is 2. The Morgan fingerprint density at radius 2 is 1.81 bits per heavy atom. The van der Waals surface area contributed by atoms with Crippen LogP contribution in [0.25, 0.3) is 0 Å². The number of rotatable bonds is 3. The number of anilines is 3. The highest BCUT2D eigenvalue weighted by atomic mass is 16.3. The quantitative estimate of drug-likeness (QED) is 0.831. The highest BCUT2D eigenvalue weighted by Gasteiger charge is 2.27. The fourth-order valence-corrected chi connectivity index (χ4v) is 3.12. The number of para-hydroxylation sites is 3. The lowest BCUT2D eigenvalue weighted by Crippen LogP contribution is -2.46. The van der Waals surface area contributed by atoms with Gasteiger partial charge in [0, 0.05) is 25.8 Å². The third-order valence-electron chi connectivity index (χ3n) is 4.54. The molecule has 1 fully saturated rings. The zero-order valence-electron chi connectivity index (χ0n) is 14.8. The van der Waals surface area contributed by atoms with Gasteiger partial charge >= 0.3 is 11.8 Å². The number of carbonyl (C=O) groups excluding carboxylic acids is 2. The Hall–Kier alpha value is -2.86. The fraction of sp³-hybridized carbons (Fsp3) is 0.300. The van der Waals surface area contributed by atoms with E-state index in [-0.39, 0.29) is 6.54 Å². The molecule has 1 saturated heterocycles. The average molecular weight is 353 g/mol. The number of β-amino-alcohol motifs (C(OH)–C–C–N with tert-alkyl or cyclic N) is 1. The van der Waals surface area contributed by atoms with Crippen molar-refractivity contribution in [2.75, 3.05) is 30.4 Å². The van der Waals surface area contributed by atoms with Gasteiger partial charge in [-0.2, -0.15) is 0 Å². The molecule has 3 rings (SSSR count). The molecule has 6 nitrogen and oxygen atoms in total. The summed E-state index contributed by atoms with van der Waals surface area (Å²) < 4.78 is 0. The van der Waals surface area contributed by atoms with Gasteiger partial charge in [-0.05, 0) is 37.1 Å². The maximum Gasteiger partial charge on any atom is 0.313 e. The topological polar surface area (TPSA) is 72.9 Å². The molecule has 1 aliphatic rings. The summed E-state index contributed by atoms with van der Waals surface area (Å²) >= 11 is 0. The first-order valence-electron chi connectivity index (χ1n) is 8.72. The first-order chi connectivity index (χ1) is 12.6. The van der Waals surface area contributed by atoms with E-state index in [9.17, 15) is 14.7 Å². The second-order valence-corrected chi connectivity index (χ2v) is 6.41. The van der Waals surface area contributed by atoms with Crippen LogP contribution in [-0.2, 0) is 9.59 Å². The zero-order valence-corrected chi connectivity index (χ0v) is 14.8. The summed E-state index contributed by atoms with van der Waals surface area (Å²) in [7, 11) is 1.91. The molecule has 2 aromatic rings. The minimum atomic E-state index is -0.687. The lowest BCUT2D eigenvalue weighted by atomic mass is 10.1. The van der Waals surface area contributed by atoms with Gasteiger partial charge < -0.3 is 20.2 Å². The van der Waals surface area contributed by atoms with Gasteiger partial charge in [-0.25, -0.2) is 0 Å². The Balaban J connectivity index is 1.76. The number of likely N-dealkylation sites (tertiary alicyclic amines) is 1. The van der Waals surface area contributed by atoms with Gasteiger partial charge in [0.15, 0.2) is 0 Å². The average Bonchev–Trinajstić information content (AvgIpc) is 2.68. The lowest BCUT2D eigenvalue weighted by Gasteiger charge is -2.29. The van der Waals surface area contributed by atoms with E-state index >= 15 is 0 Å². The van der Waals surface area contributed by atoms with Crippen molar-refractivity contribution in [2.45, 2.75) is 18.9 Å². The van der Waals surface area contributed by atoms with Crippen molar-refractivity contribution in [2.24, 2.45) is 0 Å². The normalized spacial score (nSPS) is 16.8. The summed E-state index contributed by atoms with van der Waals surface area (Å²) in [4.78, 5) is 28.2. The molecule has 26 heavy (non-hydrogen) atoms. The number of amides is 2. The van der Waals surface area contributed by atoms with Crippen LogP contribution in [0.3, 0.4) is 0 Å². The van der Waals surface area contributed by atoms with Crippen molar-refractivity contribution in [3.8, 4) is 0 Å². The smallest absolute Gasteiger partial charge is 0.313 e. The van der Waals surface area contributed by atoms with Crippen LogP contribution in [-0.4, -0.2) is 48.1 Å². The van der Waals surface area contributed by atoms with Crippen molar-refractivity contribution < 1.29 is 14.7 Å². The van der Waals surface area contributed by atoms with E-state index in [2.05, 4.69) is 5.32 Å². The predicted molar refractivity (Wildman–Crippen MR) is 101 cm³/mol. The monoisotopic (exact) mass is 353 g/mol. The van der Waals surface area contributed by atoms with Crippen LogP contribution >= 0.6 is 0 Å². The largest absolute Gasteiger partial charge is 0.391 e. The first-order valence-corrected chi connectivity index (χ1v) is 8.72. The van der Waals surface area contributed by atoms with Gasteiger partial charge in [0.25, 0.3) is 0 Å². The van der Waals surface area contributed by atoms with Gasteiger partial charge in [0.05, 0.1) is 17.5 Å². The molecule has 1 atom stereocenters. The number of aliphatic hydroxyl groups is 1. The number of hydrogen-bond donors (Lipinski definition) is 2. The van der Waals surface area contributed by atoms with Crippen LogP contribution in [0.5, 0.6) is 0 Å². The molecule has 0 bridgehead atoms. The van der Waals surface area contributed by atoms with Crippen molar-refractivity contribution in [1.82, 2.24) is 4.90 Å². The summed E-state index contributed by atoms with van der Waals surface area (Å²) in [6, 6.07) is 17.1. The summed E-state index contributed by atoms with van der Waals surface area (Å²) in [5.41, 5.74) is 2.33. The molecular weight excluding hydrogens is 330 g/mol. The number of nitrogens with zero attached hydrogens (tertiary/aromatic N) is 2. The molecule has 2 N–H and O–H groups in total. The molecular formula is C20H23N3O3. The molecule has 6 heteroatoms. The van der Waals surface area contributed by atoms with E-state index in [0.717, 1.165) is 11.4 Å². The number of piperidine rings is 1. The van der Waals surface area contributed by atoms with Crippen LogP contribution in [0, 0.1) is 0 Å². The molecule has 0 aromatic heterocycles. The number of carbonyl (C=O) groups is 2. The summed E-state index contributed by atoms with van der Waals surface area (Å²) in [5.74, 6) is -1.30. The summed E-state index contributed by atoms with van der Waals surface area (Å²) in [6.07, 6.45) is 0.806. The summed E-state index contributed by atoms with van der Waals surface area (Å²) in [5, 5.41) is 12.4. The number of nitrogens with one attached hydrogen (secondary N) is 1. The number of aliphatic hydroxyl groups excluding tert-OH is 1. The highest BCUT2D eigenvalue weighted by molar-refractivity contribution is 6.39. The lowest BCUT2D eigenvalue weighted by molar-refractivity contribution is -0.145. The van der Waals surface area contributed by atoms with Gasteiger partial charge in [-0.1, -0.05) is 30.3 Å². The third-order valence-corrected chi connectivity index (χ3v) is 4.54. The Bertz CT molecular complexity index is 779. The van der Waals surface area contributed by atoms with Crippen molar-refractivity contribution >= 4 is 28.9 Å². The van der Waals surface area contributed by atoms with Crippen LogP contribution < -0.4 is 10.2 Å². The molecule has 136 valence electrons. The van der Waals surface area contributed by atoms with Crippen molar-refractivity contribution in [3.63, 3.8) is 0 Å². The standard InChI is InChI=1S/C20H23N3O3/c1-22(15-8-3-2-4-9-15)18-12-6-5-11-17(18)21-19(25)20(26)23-13-7-10-16(24)14-23/h2-6,8-9,11-12,16,24H,7,10,13-14H2,1H3,(H,21,25)/t16-/m0/s1. The van der Waals surface area contributed by atoms with Gasteiger partial charge in [-0.3, -0.25) is 9.59 Å². The SMILES string of the molecule is CN(c1ccccc1)c1ccccc1NC(=O)C(=O)N1CCC[C@H](O)C1. The van der Waals surface area contributed by atoms with Crippen LogP contribution in [0.4, 0.5) is 17.1 Å². The minimum Gasteiger partial charge on any atom is -0.391 e. The molecule has 1 aliphatic heterocycles. The minimum absolute atomic E-state index is 0.206. The molecule has 1 heterocycles. The first kappa shape index (κ1) is 17.9. The highest BCUT2D eigenvalue weighted by Crippen LogP contribution is 2.30. The predicted octanol–water partition coefficient (Wildman–Crippen LogP) is 2.38. The van der Waals surface area contributed by atoms with Crippen molar-refractivity contribution in [3.05, 3.63) is 54.6 Å².